The highest BCUT2D eigenvalue weighted by Gasteiger charge is 2.19. The van der Waals surface area contributed by atoms with Crippen molar-refractivity contribution >= 4 is 11.6 Å². The molecule has 30 heavy (non-hydrogen) atoms. The first kappa shape index (κ1) is 20.1. The molecule has 1 heterocycles. The molecule has 0 unspecified atom stereocenters. The van der Waals surface area contributed by atoms with Crippen molar-refractivity contribution in [1.82, 2.24) is 4.90 Å². The van der Waals surface area contributed by atoms with E-state index in [0.717, 1.165) is 42.7 Å². The maximum absolute atomic E-state index is 13.7. The van der Waals surface area contributed by atoms with Crippen molar-refractivity contribution in [3.63, 3.8) is 0 Å². The third-order valence-electron chi connectivity index (χ3n) is 5.40. The number of nitrogens with zero attached hydrogens (tertiary/aromatic N) is 2. The van der Waals surface area contributed by atoms with Crippen molar-refractivity contribution in [2.45, 2.75) is 25.9 Å². The van der Waals surface area contributed by atoms with E-state index in [2.05, 4.69) is 0 Å². The molecule has 0 atom stereocenters. The van der Waals surface area contributed by atoms with E-state index in [4.69, 9.17) is 0 Å². The Labute approximate surface area is 175 Å². The molecule has 0 saturated carbocycles. The van der Waals surface area contributed by atoms with Crippen molar-refractivity contribution < 1.29 is 13.6 Å². The van der Waals surface area contributed by atoms with Crippen LogP contribution in [0.2, 0.25) is 0 Å². The summed E-state index contributed by atoms with van der Waals surface area (Å²) >= 11 is 0. The zero-order valence-corrected chi connectivity index (χ0v) is 16.7. The minimum absolute atomic E-state index is 0.0564. The molecule has 4 rings (SSSR count). The average molecular weight is 406 g/mol. The summed E-state index contributed by atoms with van der Waals surface area (Å²) < 4.78 is 27.4. The summed E-state index contributed by atoms with van der Waals surface area (Å²) in [5, 5.41) is 0. The van der Waals surface area contributed by atoms with E-state index in [-0.39, 0.29) is 17.5 Å². The van der Waals surface area contributed by atoms with E-state index in [1.165, 1.54) is 24.3 Å². The molecule has 3 aromatic rings. The number of hydrogen-bond donors (Lipinski definition) is 0. The standard InChI is InChI=1S/C25H24F2N2O/c26-22-7-3-5-19(15-22)17-29(18-20-6-4-8-23(27)16-20)24-11-9-21(10-12-24)25(30)28-13-1-2-14-28/h3-12,15-16H,1-2,13-14,17-18H2. The molecule has 0 spiro atoms. The zero-order valence-electron chi connectivity index (χ0n) is 16.7. The Kier molecular flexibility index (Phi) is 6.07. The Bertz CT molecular complexity index is 966. The van der Waals surface area contributed by atoms with Gasteiger partial charge in [0.15, 0.2) is 0 Å². The molecule has 5 heteroatoms. The first-order valence-corrected chi connectivity index (χ1v) is 10.2. The fraction of sp³-hybridized carbons (Fsp3) is 0.240. The smallest absolute Gasteiger partial charge is 0.253 e. The van der Waals surface area contributed by atoms with Crippen LogP contribution in [-0.4, -0.2) is 23.9 Å². The van der Waals surface area contributed by atoms with E-state index in [9.17, 15) is 13.6 Å². The molecule has 0 radical (unpaired) electrons. The summed E-state index contributed by atoms with van der Waals surface area (Å²) in [6.45, 7) is 2.55. The maximum atomic E-state index is 13.7. The summed E-state index contributed by atoms with van der Waals surface area (Å²) in [6.07, 6.45) is 2.11. The van der Waals surface area contributed by atoms with Gasteiger partial charge in [-0.3, -0.25) is 4.79 Å². The van der Waals surface area contributed by atoms with Gasteiger partial charge in [-0.1, -0.05) is 24.3 Å². The van der Waals surface area contributed by atoms with Crippen molar-refractivity contribution in [3.8, 4) is 0 Å². The molecule has 0 bridgehead atoms. The summed E-state index contributed by atoms with van der Waals surface area (Å²) in [7, 11) is 0. The number of carbonyl (C=O) groups is 1. The van der Waals surface area contributed by atoms with Gasteiger partial charge in [0.2, 0.25) is 0 Å². The van der Waals surface area contributed by atoms with Crippen LogP contribution in [0, 0.1) is 11.6 Å². The second kappa shape index (κ2) is 9.08. The molecule has 1 amide bonds. The third-order valence-corrected chi connectivity index (χ3v) is 5.40. The van der Waals surface area contributed by atoms with E-state index in [1.807, 2.05) is 46.2 Å². The first-order valence-electron chi connectivity index (χ1n) is 10.2. The van der Waals surface area contributed by atoms with Crippen molar-refractivity contribution in [3.05, 3.63) is 101 Å². The van der Waals surface area contributed by atoms with Gasteiger partial charge >= 0.3 is 0 Å². The number of amides is 1. The number of halogens is 2. The number of anilines is 1. The van der Waals surface area contributed by atoms with Crippen molar-refractivity contribution in [2.75, 3.05) is 18.0 Å². The fourth-order valence-corrected chi connectivity index (χ4v) is 3.87. The van der Waals surface area contributed by atoms with Crippen LogP contribution in [-0.2, 0) is 13.1 Å². The average Bonchev–Trinajstić information content (AvgIpc) is 3.28. The summed E-state index contributed by atoms with van der Waals surface area (Å²) in [5.41, 5.74) is 3.20. The van der Waals surface area contributed by atoms with Crippen molar-refractivity contribution in [1.29, 1.82) is 0 Å². The van der Waals surface area contributed by atoms with Crippen LogP contribution in [0.3, 0.4) is 0 Å². The minimum Gasteiger partial charge on any atom is -0.363 e. The molecule has 1 saturated heterocycles. The van der Waals surface area contributed by atoms with Crippen LogP contribution >= 0.6 is 0 Å². The van der Waals surface area contributed by atoms with Crippen molar-refractivity contribution in [2.24, 2.45) is 0 Å². The predicted molar refractivity (Wildman–Crippen MR) is 114 cm³/mol. The van der Waals surface area contributed by atoms with Gasteiger partial charge in [-0.15, -0.1) is 0 Å². The Hall–Kier alpha value is -3.21. The highest BCUT2D eigenvalue weighted by atomic mass is 19.1. The molecule has 1 fully saturated rings. The maximum Gasteiger partial charge on any atom is 0.253 e. The van der Waals surface area contributed by atoms with Gasteiger partial charge in [0, 0.05) is 37.4 Å². The van der Waals surface area contributed by atoms with Gasteiger partial charge in [-0.2, -0.15) is 0 Å². The van der Waals surface area contributed by atoms with Gasteiger partial charge < -0.3 is 9.80 Å². The summed E-state index contributed by atoms with van der Waals surface area (Å²) in [6, 6.07) is 20.4. The zero-order chi connectivity index (χ0) is 20.9. The second-order valence-corrected chi connectivity index (χ2v) is 7.66. The van der Waals surface area contributed by atoms with Crippen LogP contribution in [0.15, 0.2) is 72.8 Å². The van der Waals surface area contributed by atoms with Gasteiger partial charge in [-0.05, 0) is 72.5 Å². The van der Waals surface area contributed by atoms with Crippen LogP contribution in [0.4, 0.5) is 14.5 Å². The van der Waals surface area contributed by atoms with Gasteiger partial charge in [-0.25, -0.2) is 8.78 Å². The Morgan fingerprint density at radius 1 is 0.800 bits per heavy atom. The topological polar surface area (TPSA) is 23.6 Å². The van der Waals surface area contributed by atoms with Crippen LogP contribution in [0.1, 0.15) is 34.3 Å². The minimum atomic E-state index is -0.287. The van der Waals surface area contributed by atoms with Crippen LogP contribution in [0.25, 0.3) is 0 Å². The van der Waals surface area contributed by atoms with Crippen LogP contribution in [0.5, 0.6) is 0 Å². The molecular weight excluding hydrogens is 382 g/mol. The Morgan fingerprint density at radius 3 is 1.83 bits per heavy atom. The van der Waals surface area contributed by atoms with E-state index >= 15 is 0 Å². The highest BCUT2D eigenvalue weighted by Crippen LogP contribution is 2.23. The lowest BCUT2D eigenvalue weighted by Crippen LogP contribution is -2.27. The molecule has 3 nitrogen and oxygen atoms in total. The highest BCUT2D eigenvalue weighted by molar-refractivity contribution is 5.94. The Morgan fingerprint density at radius 2 is 1.33 bits per heavy atom. The molecule has 3 aromatic carbocycles. The lowest BCUT2D eigenvalue weighted by molar-refractivity contribution is 0.0793. The van der Waals surface area contributed by atoms with Gasteiger partial charge in [0.25, 0.3) is 5.91 Å². The predicted octanol–water partition coefficient (Wildman–Crippen LogP) is 5.41. The molecule has 0 aromatic heterocycles. The fourth-order valence-electron chi connectivity index (χ4n) is 3.87. The number of carbonyl (C=O) groups excluding carboxylic acids is 1. The van der Waals surface area contributed by atoms with E-state index < -0.39 is 0 Å². The number of benzene rings is 3. The summed E-state index contributed by atoms with van der Waals surface area (Å²) in [4.78, 5) is 16.5. The molecule has 1 aliphatic heterocycles. The van der Waals surface area contributed by atoms with Gasteiger partial charge in [0.1, 0.15) is 11.6 Å². The molecule has 1 aliphatic rings. The van der Waals surface area contributed by atoms with E-state index in [0.29, 0.717) is 18.7 Å². The monoisotopic (exact) mass is 406 g/mol. The normalized spacial score (nSPS) is 13.5. The first-order chi connectivity index (χ1) is 14.6. The second-order valence-electron chi connectivity index (χ2n) is 7.66. The largest absolute Gasteiger partial charge is 0.363 e. The molecular formula is C25H24F2N2O. The summed E-state index contributed by atoms with van der Waals surface area (Å²) in [5.74, 6) is -0.518. The quantitative estimate of drug-likeness (QED) is 0.547. The molecule has 0 N–H and O–H groups in total. The lowest BCUT2D eigenvalue weighted by atomic mass is 10.1. The Balaban J connectivity index is 1.58. The lowest BCUT2D eigenvalue weighted by Gasteiger charge is -2.26. The number of likely N-dealkylation sites (tertiary alicyclic amines) is 1. The van der Waals surface area contributed by atoms with Crippen LogP contribution < -0.4 is 4.90 Å². The molecule has 0 aliphatic carbocycles. The SMILES string of the molecule is O=C(c1ccc(N(Cc2cccc(F)c2)Cc2cccc(F)c2)cc1)N1CCCC1. The number of rotatable bonds is 6. The number of hydrogen-bond acceptors (Lipinski definition) is 2. The molecule has 154 valence electrons. The van der Waals surface area contributed by atoms with Gasteiger partial charge in [0.05, 0.1) is 0 Å². The van der Waals surface area contributed by atoms with E-state index in [1.54, 1.807) is 12.1 Å². The third kappa shape index (κ3) is 4.85.